The van der Waals surface area contributed by atoms with E-state index >= 15 is 0 Å². The average Bonchev–Trinajstić information content (AvgIpc) is 2.77. The van der Waals surface area contributed by atoms with Crippen LogP contribution in [0.5, 0.6) is 0 Å². The van der Waals surface area contributed by atoms with E-state index in [9.17, 15) is 13.2 Å². The van der Waals surface area contributed by atoms with Gasteiger partial charge in [-0.05, 0) is 42.7 Å². The van der Waals surface area contributed by atoms with Gasteiger partial charge in [0.15, 0.2) is 0 Å². The zero-order valence-electron chi connectivity index (χ0n) is 17.7. The van der Waals surface area contributed by atoms with E-state index in [0.29, 0.717) is 63.1 Å². The van der Waals surface area contributed by atoms with Crippen molar-refractivity contribution in [3.05, 3.63) is 67.6 Å². The van der Waals surface area contributed by atoms with Gasteiger partial charge < -0.3 is 5.32 Å². The number of carbonyl (C=O) groups is 1. The van der Waals surface area contributed by atoms with Crippen LogP contribution in [0, 0.1) is 5.92 Å². The summed E-state index contributed by atoms with van der Waals surface area (Å²) in [6.45, 7) is 1.03. The summed E-state index contributed by atoms with van der Waals surface area (Å²) in [5.41, 5.74) is 1.37. The second-order valence-corrected chi connectivity index (χ2v) is 12.5. The lowest BCUT2D eigenvalue weighted by molar-refractivity contribution is -0.125. The fourth-order valence-electron chi connectivity index (χ4n) is 3.56. The average molecular weight is 570 g/mol. The van der Waals surface area contributed by atoms with E-state index in [1.165, 1.54) is 4.31 Å². The van der Waals surface area contributed by atoms with Crippen molar-refractivity contribution in [3.63, 3.8) is 0 Å². The third kappa shape index (κ3) is 7.66. The summed E-state index contributed by atoms with van der Waals surface area (Å²) in [5, 5.41) is 4.78. The number of amides is 1. The van der Waals surface area contributed by atoms with Gasteiger partial charge in [-0.15, -0.1) is 0 Å². The number of carbonyl (C=O) groups excluding carboxylic acids is 1. The predicted molar refractivity (Wildman–Crippen MR) is 139 cm³/mol. The summed E-state index contributed by atoms with van der Waals surface area (Å²) in [6.07, 6.45) is 1.27. The molecule has 5 nitrogen and oxygen atoms in total. The van der Waals surface area contributed by atoms with Crippen molar-refractivity contribution < 1.29 is 13.2 Å². The minimum absolute atomic E-state index is 0.129. The molecule has 1 unspecified atom stereocenters. The fourth-order valence-corrected chi connectivity index (χ4v) is 7.34. The van der Waals surface area contributed by atoms with Crippen LogP contribution in [0.1, 0.15) is 24.0 Å². The van der Waals surface area contributed by atoms with Crippen LogP contribution in [0.15, 0.2) is 36.4 Å². The van der Waals surface area contributed by atoms with Crippen LogP contribution < -0.4 is 5.32 Å². The highest BCUT2D eigenvalue weighted by atomic mass is 35.5. The summed E-state index contributed by atoms with van der Waals surface area (Å²) in [5.74, 6) is 0.627. The van der Waals surface area contributed by atoms with Crippen LogP contribution >= 0.6 is 58.2 Å². The van der Waals surface area contributed by atoms with Crippen molar-refractivity contribution >= 4 is 74.1 Å². The lowest BCUT2D eigenvalue weighted by atomic mass is 9.99. The molecule has 33 heavy (non-hydrogen) atoms. The second kappa shape index (κ2) is 12.3. The first-order valence-corrected chi connectivity index (χ1v) is 14.6. The van der Waals surface area contributed by atoms with Gasteiger partial charge in [-0.2, -0.15) is 11.8 Å². The van der Waals surface area contributed by atoms with E-state index in [2.05, 4.69) is 5.32 Å². The van der Waals surface area contributed by atoms with E-state index in [-0.39, 0.29) is 24.1 Å². The highest BCUT2D eigenvalue weighted by Crippen LogP contribution is 2.29. The molecular weight excluding hydrogens is 546 g/mol. The molecule has 11 heteroatoms. The van der Waals surface area contributed by atoms with Gasteiger partial charge in [0.05, 0.1) is 11.7 Å². The lowest BCUT2D eigenvalue weighted by Gasteiger charge is -2.31. The van der Waals surface area contributed by atoms with Crippen LogP contribution in [0.2, 0.25) is 20.1 Å². The number of nitrogens with zero attached hydrogens (tertiary/aromatic N) is 1. The molecule has 2 aromatic rings. The normalized spacial score (nSPS) is 17.2. The van der Waals surface area contributed by atoms with E-state index in [1.54, 1.807) is 42.1 Å². The van der Waals surface area contributed by atoms with E-state index in [1.807, 2.05) is 6.07 Å². The largest absolute Gasteiger partial charge is 0.355 e. The van der Waals surface area contributed by atoms with Gasteiger partial charge in [0.1, 0.15) is 0 Å². The van der Waals surface area contributed by atoms with Crippen molar-refractivity contribution in [2.45, 2.75) is 24.3 Å². The molecule has 0 aromatic heterocycles. The van der Waals surface area contributed by atoms with Crippen LogP contribution in [-0.4, -0.2) is 44.0 Å². The summed E-state index contributed by atoms with van der Waals surface area (Å²) in [6, 6.07) is 10.3. The lowest BCUT2D eigenvalue weighted by Crippen LogP contribution is -2.46. The molecule has 1 saturated heterocycles. The summed E-state index contributed by atoms with van der Waals surface area (Å²) >= 11 is 26.0. The highest BCUT2D eigenvalue weighted by molar-refractivity contribution is 7.98. The summed E-state index contributed by atoms with van der Waals surface area (Å²) < 4.78 is 27.3. The number of hydrogen-bond acceptors (Lipinski definition) is 4. The summed E-state index contributed by atoms with van der Waals surface area (Å²) in [7, 11) is -3.66. The van der Waals surface area contributed by atoms with Crippen LogP contribution in [-0.2, 0) is 26.3 Å². The zero-order chi connectivity index (χ0) is 24.0. The molecule has 0 radical (unpaired) electrons. The van der Waals surface area contributed by atoms with Crippen LogP contribution in [0.25, 0.3) is 0 Å². The number of halogens is 4. The SMILES string of the molecule is O=C(NCCSCc1ccc(Cl)cc1Cl)C1CCCN(S(=O)(=O)Cc2c(Cl)cccc2Cl)C1. The summed E-state index contributed by atoms with van der Waals surface area (Å²) in [4.78, 5) is 12.6. The molecule has 2 aromatic carbocycles. The van der Waals surface area contributed by atoms with E-state index in [4.69, 9.17) is 46.4 Å². The number of rotatable bonds is 9. The topological polar surface area (TPSA) is 66.5 Å². The predicted octanol–water partition coefficient (Wildman–Crippen LogP) is 5.89. The van der Waals surface area contributed by atoms with Crippen molar-refractivity contribution in [3.8, 4) is 0 Å². The first-order chi connectivity index (χ1) is 15.7. The molecule has 0 saturated carbocycles. The Hall–Kier alpha value is -0.670. The maximum atomic E-state index is 13.0. The number of thioether (sulfide) groups is 1. The molecule has 1 aliphatic heterocycles. The number of sulfonamides is 1. The van der Waals surface area contributed by atoms with Gasteiger partial charge in [0.2, 0.25) is 15.9 Å². The number of benzene rings is 2. The van der Waals surface area contributed by atoms with Crippen molar-refractivity contribution in [1.82, 2.24) is 9.62 Å². The monoisotopic (exact) mass is 568 g/mol. The number of piperidine rings is 1. The molecule has 1 N–H and O–H groups in total. The molecule has 0 bridgehead atoms. The Morgan fingerprint density at radius 1 is 1.09 bits per heavy atom. The third-order valence-corrected chi connectivity index (χ3v) is 9.43. The molecule has 1 aliphatic rings. The molecule has 1 fully saturated rings. The molecule has 1 heterocycles. The van der Waals surface area contributed by atoms with Crippen LogP contribution in [0.3, 0.4) is 0 Å². The van der Waals surface area contributed by atoms with Crippen molar-refractivity contribution in [2.75, 3.05) is 25.4 Å². The maximum absolute atomic E-state index is 13.0. The minimum Gasteiger partial charge on any atom is -0.355 e. The number of nitrogens with one attached hydrogen (secondary N) is 1. The van der Waals surface area contributed by atoms with Gasteiger partial charge in [-0.1, -0.05) is 58.5 Å². The Morgan fingerprint density at radius 3 is 2.52 bits per heavy atom. The maximum Gasteiger partial charge on any atom is 0.224 e. The van der Waals surface area contributed by atoms with Gasteiger partial charge in [-0.3, -0.25) is 4.79 Å². The highest BCUT2D eigenvalue weighted by Gasteiger charge is 2.33. The van der Waals surface area contributed by atoms with Crippen LogP contribution in [0.4, 0.5) is 0 Å². The molecule has 0 spiro atoms. The molecule has 3 rings (SSSR count). The Kier molecular flexibility index (Phi) is 10.1. The first kappa shape index (κ1) is 26.9. The molecular formula is C22H24Cl4N2O3S2. The van der Waals surface area contributed by atoms with Gasteiger partial charge in [-0.25, -0.2) is 12.7 Å². The minimum atomic E-state index is -3.66. The molecule has 1 amide bonds. The first-order valence-electron chi connectivity index (χ1n) is 10.4. The van der Waals surface area contributed by atoms with Gasteiger partial charge in [0, 0.05) is 56.8 Å². The number of hydrogen-bond donors (Lipinski definition) is 1. The van der Waals surface area contributed by atoms with Crippen molar-refractivity contribution in [1.29, 1.82) is 0 Å². The molecule has 180 valence electrons. The zero-order valence-corrected chi connectivity index (χ0v) is 22.4. The Labute approximate surface area is 219 Å². The quantitative estimate of drug-likeness (QED) is 0.382. The van der Waals surface area contributed by atoms with Gasteiger partial charge >= 0.3 is 0 Å². The van der Waals surface area contributed by atoms with E-state index < -0.39 is 10.0 Å². The molecule has 0 aliphatic carbocycles. The second-order valence-electron chi connectivity index (χ2n) is 7.73. The van der Waals surface area contributed by atoms with E-state index in [0.717, 1.165) is 5.56 Å². The Morgan fingerprint density at radius 2 is 1.82 bits per heavy atom. The Bertz CT molecular complexity index is 1080. The van der Waals surface area contributed by atoms with Crippen molar-refractivity contribution in [2.24, 2.45) is 5.92 Å². The smallest absolute Gasteiger partial charge is 0.224 e. The standard InChI is InChI=1S/C22H24Cl4N2O3S2/c23-17-7-6-16(21(26)11-17)13-32-10-8-27-22(29)15-3-2-9-28(12-15)33(30,31)14-18-19(24)4-1-5-20(18)25/h1,4-7,11,15H,2-3,8-10,12-14H2,(H,27,29). The fraction of sp³-hybridized carbons (Fsp3) is 0.409. The third-order valence-electron chi connectivity index (χ3n) is 5.36. The Balaban J connectivity index is 1.47. The van der Waals surface area contributed by atoms with Gasteiger partial charge in [0.25, 0.3) is 0 Å². The molecule has 1 atom stereocenters.